The Morgan fingerprint density at radius 2 is 2.00 bits per heavy atom. The lowest BCUT2D eigenvalue weighted by atomic mass is 10.0. The molecule has 100 valence electrons. The summed E-state index contributed by atoms with van der Waals surface area (Å²) in [5.41, 5.74) is 0. The van der Waals surface area contributed by atoms with E-state index in [0.29, 0.717) is 11.8 Å². The Balaban J connectivity index is 2.52. The van der Waals surface area contributed by atoms with Gasteiger partial charge >= 0.3 is 0 Å². The SMILES string of the molecule is CCCCCN1C(=O)C(CC(C)C)NC1CC. The zero-order valence-corrected chi connectivity index (χ0v) is 11.8. The highest BCUT2D eigenvalue weighted by molar-refractivity contribution is 5.84. The standard InChI is InChI=1S/C14H28N2O/c1-5-7-8-9-16-13(6-2)15-12(14(16)17)10-11(3)4/h11-13,15H,5-10H2,1-4H3. The minimum absolute atomic E-state index is 0.0570. The summed E-state index contributed by atoms with van der Waals surface area (Å²) in [5, 5.41) is 3.48. The molecule has 1 heterocycles. The summed E-state index contributed by atoms with van der Waals surface area (Å²) < 4.78 is 0. The maximum atomic E-state index is 12.3. The van der Waals surface area contributed by atoms with Crippen LogP contribution < -0.4 is 5.32 Å². The van der Waals surface area contributed by atoms with Gasteiger partial charge in [0.25, 0.3) is 0 Å². The van der Waals surface area contributed by atoms with E-state index in [-0.39, 0.29) is 12.2 Å². The van der Waals surface area contributed by atoms with Gasteiger partial charge in [-0.05, 0) is 25.2 Å². The molecule has 0 saturated carbocycles. The number of amides is 1. The van der Waals surface area contributed by atoms with Crippen LogP contribution in [0, 0.1) is 5.92 Å². The Hall–Kier alpha value is -0.570. The van der Waals surface area contributed by atoms with Gasteiger partial charge in [0.05, 0.1) is 12.2 Å². The molecule has 17 heavy (non-hydrogen) atoms. The quantitative estimate of drug-likeness (QED) is 0.694. The van der Waals surface area contributed by atoms with Crippen LogP contribution >= 0.6 is 0 Å². The molecular weight excluding hydrogens is 212 g/mol. The van der Waals surface area contributed by atoms with E-state index < -0.39 is 0 Å². The molecule has 1 fully saturated rings. The van der Waals surface area contributed by atoms with Crippen LogP contribution in [-0.2, 0) is 4.79 Å². The molecule has 2 unspecified atom stereocenters. The minimum Gasteiger partial charge on any atom is -0.326 e. The van der Waals surface area contributed by atoms with E-state index >= 15 is 0 Å². The Bertz CT molecular complexity index is 240. The number of hydrogen-bond donors (Lipinski definition) is 1. The molecule has 1 aliphatic heterocycles. The van der Waals surface area contributed by atoms with Gasteiger partial charge in [-0.1, -0.05) is 40.5 Å². The van der Waals surface area contributed by atoms with Crippen LogP contribution in [0.4, 0.5) is 0 Å². The lowest BCUT2D eigenvalue weighted by molar-refractivity contribution is -0.130. The maximum Gasteiger partial charge on any atom is 0.241 e. The molecular formula is C14H28N2O. The first-order valence-corrected chi connectivity index (χ1v) is 7.16. The van der Waals surface area contributed by atoms with E-state index in [0.717, 1.165) is 25.8 Å². The summed E-state index contributed by atoms with van der Waals surface area (Å²) in [7, 11) is 0. The largest absolute Gasteiger partial charge is 0.326 e. The molecule has 1 N–H and O–H groups in total. The van der Waals surface area contributed by atoms with Gasteiger partial charge in [-0.15, -0.1) is 0 Å². The van der Waals surface area contributed by atoms with Crippen molar-refractivity contribution in [2.75, 3.05) is 6.54 Å². The van der Waals surface area contributed by atoms with Crippen molar-refractivity contribution in [2.24, 2.45) is 5.92 Å². The van der Waals surface area contributed by atoms with Crippen molar-refractivity contribution in [1.29, 1.82) is 0 Å². The van der Waals surface area contributed by atoms with Gasteiger partial charge in [0, 0.05) is 6.54 Å². The van der Waals surface area contributed by atoms with Crippen LogP contribution in [0.1, 0.15) is 59.8 Å². The molecule has 0 radical (unpaired) electrons. The lowest BCUT2D eigenvalue weighted by Gasteiger charge is -2.22. The first-order chi connectivity index (χ1) is 8.10. The zero-order valence-electron chi connectivity index (χ0n) is 11.8. The second kappa shape index (κ2) is 7.00. The van der Waals surface area contributed by atoms with Crippen LogP contribution in [-0.4, -0.2) is 29.6 Å². The fraction of sp³-hybridized carbons (Fsp3) is 0.929. The van der Waals surface area contributed by atoms with E-state index in [1.165, 1.54) is 12.8 Å². The van der Waals surface area contributed by atoms with Gasteiger partial charge in [0.2, 0.25) is 5.91 Å². The molecule has 3 nitrogen and oxygen atoms in total. The third-order valence-electron chi connectivity index (χ3n) is 3.45. The van der Waals surface area contributed by atoms with Crippen molar-refractivity contribution in [2.45, 2.75) is 72.0 Å². The molecule has 3 heteroatoms. The molecule has 1 amide bonds. The summed E-state index contributed by atoms with van der Waals surface area (Å²) in [5.74, 6) is 0.895. The average molecular weight is 240 g/mol. The molecule has 1 aliphatic rings. The van der Waals surface area contributed by atoms with Gasteiger partial charge in [0.15, 0.2) is 0 Å². The molecule has 0 bridgehead atoms. The molecule has 0 aromatic rings. The summed E-state index contributed by atoms with van der Waals surface area (Å²) in [4.78, 5) is 14.3. The molecule has 1 rings (SSSR count). The van der Waals surface area contributed by atoms with E-state index in [9.17, 15) is 4.79 Å². The predicted octanol–water partition coefficient (Wildman–Crippen LogP) is 2.76. The number of rotatable bonds is 7. The number of nitrogens with one attached hydrogen (secondary N) is 1. The van der Waals surface area contributed by atoms with Crippen LogP contribution in [0.5, 0.6) is 0 Å². The predicted molar refractivity (Wildman–Crippen MR) is 71.7 cm³/mol. The van der Waals surface area contributed by atoms with Crippen molar-refractivity contribution in [3.05, 3.63) is 0 Å². The van der Waals surface area contributed by atoms with Crippen molar-refractivity contribution >= 4 is 5.91 Å². The number of nitrogens with zero attached hydrogens (tertiary/aromatic N) is 1. The molecule has 0 spiro atoms. The molecule has 1 saturated heterocycles. The lowest BCUT2D eigenvalue weighted by Crippen LogP contribution is -2.37. The Morgan fingerprint density at radius 3 is 2.53 bits per heavy atom. The second-order valence-corrected chi connectivity index (χ2v) is 5.51. The van der Waals surface area contributed by atoms with E-state index in [1.807, 2.05) is 0 Å². The Morgan fingerprint density at radius 1 is 1.29 bits per heavy atom. The first-order valence-electron chi connectivity index (χ1n) is 7.16. The number of hydrogen-bond acceptors (Lipinski definition) is 2. The third-order valence-corrected chi connectivity index (χ3v) is 3.45. The van der Waals surface area contributed by atoms with Crippen LogP contribution in [0.25, 0.3) is 0 Å². The van der Waals surface area contributed by atoms with Gasteiger partial charge in [0.1, 0.15) is 0 Å². The first kappa shape index (κ1) is 14.5. The van der Waals surface area contributed by atoms with Crippen molar-refractivity contribution in [3.8, 4) is 0 Å². The molecule has 0 aliphatic carbocycles. The summed E-state index contributed by atoms with van der Waals surface area (Å²) in [6.45, 7) is 9.62. The van der Waals surface area contributed by atoms with Crippen molar-refractivity contribution in [1.82, 2.24) is 10.2 Å². The smallest absolute Gasteiger partial charge is 0.241 e. The summed E-state index contributed by atoms with van der Waals surface area (Å²) in [6, 6.07) is 0.0570. The molecule has 2 atom stereocenters. The number of unbranched alkanes of at least 4 members (excludes halogenated alkanes) is 2. The number of carbonyl (C=O) groups excluding carboxylic acids is 1. The van der Waals surface area contributed by atoms with E-state index in [1.54, 1.807) is 0 Å². The Kier molecular flexibility index (Phi) is 5.96. The highest BCUT2D eigenvalue weighted by atomic mass is 16.2. The summed E-state index contributed by atoms with van der Waals surface area (Å²) >= 11 is 0. The van der Waals surface area contributed by atoms with Crippen LogP contribution in [0.15, 0.2) is 0 Å². The van der Waals surface area contributed by atoms with Crippen LogP contribution in [0.3, 0.4) is 0 Å². The second-order valence-electron chi connectivity index (χ2n) is 5.51. The van der Waals surface area contributed by atoms with Gasteiger partial charge < -0.3 is 4.90 Å². The summed E-state index contributed by atoms with van der Waals surface area (Å²) in [6.07, 6.45) is 5.79. The van der Waals surface area contributed by atoms with Gasteiger partial charge in [-0.3, -0.25) is 10.1 Å². The highest BCUT2D eigenvalue weighted by Gasteiger charge is 2.37. The Labute approximate surface area is 106 Å². The fourth-order valence-electron chi connectivity index (χ4n) is 2.52. The average Bonchev–Trinajstić information content (AvgIpc) is 2.57. The highest BCUT2D eigenvalue weighted by Crippen LogP contribution is 2.19. The normalized spacial score (nSPS) is 25.0. The monoisotopic (exact) mass is 240 g/mol. The van der Waals surface area contributed by atoms with E-state index in [4.69, 9.17) is 0 Å². The fourth-order valence-corrected chi connectivity index (χ4v) is 2.52. The molecule has 0 aromatic carbocycles. The van der Waals surface area contributed by atoms with Crippen molar-refractivity contribution < 1.29 is 4.79 Å². The van der Waals surface area contributed by atoms with Crippen LogP contribution in [0.2, 0.25) is 0 Å². The van der Waals surface area contributed by atoms with Crippen molar-refractivity contribution in [3.63, 3.8) is 0 Å². The topological polar surface area (TPSA) is 32.3 Å². The van der Waals surface area contributed by atoms with Gasteiger partial charge in [-0.25, -0.2) is 0 Å². The molecule has 0 aromatic heterocycles. The number of carbonyl (C=O) groups is 1. The van der Waals surface area contributed by atoms with Gasteiger partial charge in [-0.2, -0.15) is 0 Å². The minimum atomic E-state index is 0.0570. The zero-order chi connectivity index (χ0) is 12.8. The van der Waals surface area contributed by atoms with E-state index in [2.05, 4.69) is 37.9 Å². The maximum absolute atomic E-state index is 12.3. The third kappa shape index (κ3) is 3.98.